The van der Waals surface area contributed by atoms with Crippen molar-refractivity contribution in [3.63, 3.8) is 0 Å². The van der Waals surface area contributed by atoms with E-state index >= 15 is 0 Å². The minimum Gasteiger partial charge on any atom is -0.277 e. The van der Waals surface area contributed by atoms with Gasteiger partial charge in [-0.3, -0.25) is 4.74 Å². The summed E-state index contributed by atoms with van der Waals surface area (Å²) in [6, 6.07) is 0. The molecule has 0 amide bonds. The molecular formula is C8H9F9O. The predicted octanol–water partition coefficient (Wildman–Crippen LogP) is 4.23. The number of halogens is 9. The highest BCUT2D eigenvalue weighted by Gasteiger charge is 2.78. The molecule has 0 aromatic carbocycles. The normalized spacial score (nSPS) is 18.7. The number of rotatable bonds is 5. The summed E-state index contributed by atoms with van der Waals surface area (Å²) < 4.78 is 116. The lowest BCUT2D eigenvalue weighted by molar-refractivity contribution is -0.424. The first-order valence-electron chi connectivity index (χ1n) is 4.36. The fourth-order valence-corrected chi connectivity index (χ4v) is 0.957. The maximum Gasteiger partial charge on any atom is 0.377 e. The van der Waals surface area contributed by atoms with Gasteiger partial charge in [-0.05, 0) is 0 Å². The fraction of sp³-hybridized carbons (Fsp3) is 1.00. The Morgan fingerprint density at radius 3 is 1.17 bits per heavy atom. The lowest BCUT2D eigenvalue weighted by Gasteiger charge is -2.38. The Kier molecular flexibility index (Phi) is 4.02. The molecule has 18 heavy (non-hydrogen) atoms. The molecule has 0 bridgehead atoms. The van der Waals surface area contributed by atoms with Gasteiger partial charge in [0.05, 0.1) is 0 Å². The molecule has 10 heteroatoms. The van der Waals surface area contributed by atoms with E-state index < -0.39 is 43.6 Å². The highest BCUT2D eigenvalue weighted by Crippen LogP contribution is 2.52. The Bertz CT molecular complexity index is 299. The van der Waals surface area contributed by atoms with Crippen molar-refractivity contribution in [1.29, 1.82) is 0 Å². The molecule has 0 spiro atoms. The molecule has 110 valence electrons. The van der Waals surface area contributed by atoms with Crippen LogP contribution in [0, 0.1) is 0 Å². The van der Waals surface area contributed by atoms with Crippen molar-refractivity contribution in [2.75, 3.05) is 0 Å². The molecule has 0 heterocycles. The molecule has 0 rings (SSSR count). The molecule has 0 fully saturated rings. The van der Waals surface area contributed by atoms with Crippen LogP contribution in [0.3, 0.4) is 0 Å². The third-order valence-corrected chi connectivity index (χ3v) is 1.88. The van der Waals surface area contributed by atoms with Gasteiger partial charge in [0.15, 0.2) is 0 Å². The number of ether oxygens (including phenoxy) is 1. The second kappa shape index (κ2) is 4.17. The van der Waals surface area contributed by atoms with E-state index in [1.165, 1.54) is 0 Å². The number of hydrogen-bond acceptors (Lipinski definition) is 1. The van der Waals surface area contributed by atoms with Crippen LogP contribution in [0.2, 0.25) is 0 Å². The molecule has 1 unspecified atom stereocenters. The molecule has 0 saturated heterocycles. The first kappa shape index (κ1) is 17.3. The van der Waals surface area contributed by atoms with Crippen molar-refractivity contribution in [3.8, 4) is 0 Å². The first-order valence-corrected chi connectivity index (χ1v) is 4.36. The van der Waals surface area contributed by atoms with Crippen LogP contribution in [0.15, 0.2) is 0 Å². The van der Waals surface area contributed by atoms with Crippen molar-refractivity contribution in [3.05, 3.63) is 0 Å². The molecular weight excluding hydrogens is 283 g/mol. The summed E-state index contributed by atoms with van der Waals surface area (Å²) in [5, 5.41) is 0. The standard InChI is InChI=1S/C8H9F9O/c1-4(9,10)7(14,15)8(16,17)5(2,11)18-6(3,12)13/h1-3H3. The molecule has 1 nitrogen and oxygen atoms in total. The monoisotopic (exact) mass is 292 g/mol. The average molecular weight is 292 g/mol. The van der Waals surface area contributed by atoms with Crippen molar-refractivity contribution in [1.82, 2.24) is 0 Å². The van der Waals surface area contributed by atoms with E-state index in [-0.39, 0.29) is 6.92 Å². The van der Waals surface area contributed by atoms with Gasteiger partial charge >= 0.3 is 23.9 Å². The summed E-state index contributed by atoms with van der Waals surface area (Å²) in [4.78, 5) is 0. The predicted molar refractivity (Wildman–Crippen MR) is 41.7 cm³/mol. The van der Waals surface area contributed by atoms with Gasteiger partial charge in [0.2, 0.25) is 0 Å². The quantitative estimate of drug-likeness (QED) is 0.689. The smallest absolute Gasteiger partial charge is 0.277 e. The minimum atomic E-state index is -6.21. The largest absolute Gasteiger partial charge is 0.377 e. The maximum absolute atomic E-state index is 13.1. The van der Waals surface area contributed by atoms with Crippen LogP contribution >= 0.6 is 0 Å². The number of hydrogen-bond donors (Lipinski definition) is 0. The van der Waals surface area contributed by atoms with Gasteiger partial charge in [-0.15, -0.1) is 0 Å². The highest BCUT2D eigenvalue weighted by molar-refractivity contribution is 5.01. The molecule has 0 saturated carbocycles. The number of alkyl halides is 9. The van der Waals surface area contributed by atoms with E-state index in [9.17, 15) is 39.5 Å². The third-order valence-electron chi connectivity index (χ3n) is 1.88. The van der Waals surface area contributed by atoms with E-state index in [0.29, 0.717) is 0 Å². The Morgan fingerprint density at radius 1 is 0.611 bits per heavy atom. The molecule has 0 aliphatic heterocycles. The Balaban J connectivity index is 5.50. The Morgan fingerprint density at radius 2 is 0.944 bits per heavy atom. The van der Waals surface area contributed by atoms with Gasteiger partial charge in [0.1, 0.15) is 0 Å². The van der Waals surface area contributed by atoms with Crippen LogP contribution in [0.1, 0.15) is 20.8 Å². The molecule has 1 atom stereocenters. The van der Waals surface area contributed by atoms with E-state index in [1.54, 1.807) is 0 Å². The zero-order chi connectivity index (χ0) is 15.2. The van der Waals surface area contributed by atoms with Crippen molar-refractivity contribution >= 4 is 0 Å². The van der Waals surface area contributed by atoms with Gasteiger partial charge in [-0.1, -0.05) is 0 Å². The summed E-state index contributed by atoms with van der Waals surface area (Å²) in [6.07, 6.45) is -4.55. The second-order valence-electron chi connectivity index (χ2n) is 3.86. The zero-order valence-corrected chi connectivity index (χ0v) is 9.31. The summed E-state index contributed by atoms with van der Waals surface area (Å²) in [7, 11) is 0. The van der Waals surface area contributed by atoms with E-state index in [4.69, 9.17) is 0 Å². The van der Waals surface area contributed by atoms with Gasteiger partial charge in [0, 0.05) is 20.8 Å². The van der Waals surface area contributed by atoms with Gasteiger partial charge in [-0.25, -0.2) is 4.39 Å². The SMILES string of the molecule is CC(F)(F)OC(C)(F)C(F)(F)C(F)(F)C(C)(F)F. The van der Waals surface area contributed by atoms with Crippen LogP contribution < -0.4 is 0 Å². The topological polar surface area (TPSA) is 9.23 Å². The molecule has 0 N–H and O–H groups in total. The van der Waals surface area contributed by atoms with Crippen LogP contribution in [-0.2, 0) is 4.74 Å². The van der Waals surface area contributed by atoms with E-state index in [2.05, 4.69) is 4.74 Å². The molecule has 0 aromatic rings. The maximum atomic E-state index is 13.1. The summed E-state index contributed by atoms with van der Waals surface area (Å²) in [6.45, 7) is -1.28. The lowest BCUT2D eigenvalue weighted by atomic mass is 9.99. The van der Waals surface area contributed by atoms with Crippen molar-refractivity contribution in [2.24, 2.45) is 0 Å². The second-order valence-corrected chi connectivity index (χ2v) is 3.86. The van der Waals surface area contributed by atoms with Crippen LogP contribution in [0.5, 0.6) is 0 Å². The molecule has 0 aromatic heterocycles. The fourth-order valence-electron chi connectivity index (χ4n) is 0.957. The summed E-state index contributed by atoms with van der Waals surface area (Å²) in [5.41, 5.74) is 0. The van der Waals surface area contributed by atoms with Crippen LogP contribution in [0.25, 0.3) is 0 Å². The zero-order valence-electron chi connectivity index (χ0n) is 9.31. The third kappa shape index (κ3) is 3.01. The average Bonchev–Trinajstić information content (AvgIpc) is 1.95. The van der Waals surface area contributed by atoms with Crippen molar-refractivity contribution < 1.29 is 44.3 Å². The molecule has 0 radical (unpaired) electrons. The summed E-state index contributed by atoms with van der Waals surface area (Å²) in [5.74, 6) is -22.7. The highest BCUT2D eigenvalue weighted by atomic mass is 19.3. The van der Waals surface area contributed by atoms with Gasteiger partial charge < -0.3 is 0 Å². The van der Waals surface area contributed by atoms with Crippen molar-refractivity contribution in [2.45, 2.75) is 50.5 Å². The molecule has 0 aliphatic rings. The molecule has 0 aliphatic carbocycles. The van der Waals surface area contributed by atoms with Gasteiger partial charge in [0.25, 0.3) is 5.85 Å². The lowest BCUT2D eigenvalue weighted by Crippen LogP contribution is -2.63. The Labute approximate surface area is 95.9 Å². The van der Waals surface area contributed by atoms with E-state index in [0.717, 1.165) is 0 Å². The van der Waals surface area contributed by atoms with Crippen LogP contribution in [0.4, 0.5) is 39.5 Å². The Hall–Kier alpha value is -0.670. The van der Waals surface area contributed by atoms with Gasteiger partial charge in [-0.2, -0.15) is 35.1 Å². The minimum absolute atomic E-state index is 0.205. The first-order chi connectivity index (χ1) is 7.46. The van der Waals surface area contributed by atoms with Crippen LogP contribution in [-0.4, -0.2) is 29.7 Å². The summed E-state index contributed by atoms with van der Waals surface area (Å²) >= 11 is 0. The van der Waals surface area contributed by atoms with E-state index in [1.807, 2.05) is 0 Å².